The number of carbonyl (C=O) groups is 2. The van der Waals surface area contributed by atoms with Crippen molar-refractivity contribution in [2.45, 2.75) is 53.1 Å². The molecule has 1 aliphatic rings. The Balaban J connectivity index is 1.84. The van der Waals surface area contributed by atoms with Gasteiger partial charge in [-0.15, -0.1) is 11.3 Å². The number of aryl methyl sites for hydroxylation is 1. The molecule has 0 unspecified atom stereocenters. The molecule has 4 nitrogen and oxygen atoms in total. The second-order valence-electron chi connectivity index (χ2n) is 6.84. The molecule has 0 bridgehead atoms. The molecule has 2 rings (SSSR count). The van der Waals surface area contributed by atoms with Crippen molar-refractivity contribution in [1.82, 2.24) is 0 Å². The number of esters is 2. The lowest BCUT2D eigenvalue weighted by atomic mass is 9.75. The molecule has 0 N–H and O–H groups in total. The fourth-order valence-electron chi connectivity index (χ4n) is 3.19. The van der Waals surface area contributed by atoms with E-state index in [0.29, 0.717) is 22.6 Å². The maximum atomic E-state index is 12.0. The fraction of sp³-hybridized carbons (Fsp3) is 0.667. The second kappa shape index (κ2) is 7.95. The van der Waals surface area contributed by atoms with Crippen LogP contribution in [-0.4, -0.2) is 24.6 Å². The summed E-state index contributed by atoms with van der Waals surface area (Å²) in [5.41, 5.74) is 0. The lowest BCUT2D eigenvalue weighted by Crippen LogP contribution is -2.36. The number of ether oxygens (including phenoxy) is 2. The highest BCUT2D eigenvalue weighted by Gasteiger charge is 2.33. The van der Waals surface area contributed by atoms with E-state index >= 15 is 0 Å². The first-order valence-corrected chi connectivity index (χ1v) is 9.11. The summed E-state index contributed by atoms with van der Waals surface area (Å²) >= 11 is 1.36. The lowest BCUT2D eigenvalue weighted by Gasteiger charge is -2.36. The summed E-state index contributed by atoms with van der Waals surface area (Å²) in [7, 11) is 0. The van der Waals surface area contributed by atoms with Gasteiger partial charge in [-0.25, -0.2) is 9.59 Å². The van der Waals surface area contributed by atoms with Crippen molar-refractivity contribution in [3.63, 3.8) is 0 Å². The predicted octanol–water partition coefficient (Wildman–Crippen LogP) is 4.22. The van der Waals surface area contributed by atoms with Crippen LogP contribution < -0.4 is 0 Å². The van der Waals surface area contributed by atoms with Crippen LogP contribution in [0.3, 0.4) is 0 Å². The maximum Gasteiger partial charge on any atom is 0.348 e. The highest BCUT2D eigenvalue weighted by Crippen LogP contribution is 2.35. The number of hydrogen-bond acceptors (Lipinski definition) is 5. The van der Waals surface area contributed by atoms with Gasteiger partial charge in [-0.1, -0.05) is 27.2 Å². The molecular formula is C18H26O4S. The molecule has 1 aromatic heterocycles. The summed E-state index contributed by atoms with van der Waals surface area (Å²) in [6.07, 6.45) is 3.11. The first-order valence-electron chi connectivity index (χ1n) is 8.30. The van der Waals surface area contributed by atoms with Gasteiger partial charge in [0.15, 0.2) is 6.61 Å². The van der Waals surface area contributed by atoms with Gasteiger partial charge in [-0.05, 0) is 49.7 Å². The zero-order valence-electron chi connectivity index (χ0n) is 14.3. The van der Waals surface area contributed by atoms with Gasteiger partial charge in [-0.3, -0.25) is 0 Å². The highest BCUT2D eigenvalue weighted by atomic mass is 32.1. The summed E-state index contributed by atoms with van der Waals surface area (Å²) in [4.78, 5) is 25.4. The van der Waals surface area contributed by atoms with Crippen LogP contribution in [0.5, 0.6) is 0 Å². The summed E-state index contributed by atoms with van der Waals surface area (Å²) in [5, 5.41) is 0. The molecule has 5 heteroatoms. The van der Waals surface area contributed by atoms with Crippen molar-refractivity contribution < 1.29 is 19.1 Å². The molecule has 1 saturated carbocycles. The van der Waals surface area contributed by atoms with Gasteiger partial charge in [0.25, 0.3) is 0 Å². The van der Waals surface area contributed by atoms with Crippen LogP contribution in [0.1, 0.15) is 54.6 Å². The van der Waals surface area contributed by atoms with E-state index in [1.54, 1.807) is 6.07 Å². The third-order valence-electron chi connectivity index (χ3n) is 4.51. The van der Waals surface area contributed by atoms with E-state index in [1.807, 2.05) is 13.0 Å². The Kier molecular flexibility index (Phi) is 6.22. The second-order valence-corrected chi connectivity index (χ2v) is 8.13. The van der Waals surface area contributed by atoms with Crippen LogP contribution in [0.4, 0.5) is 0 Å². The van der Waals surface area contributed by atoms with Crippen LogP contribution in [0.15, 0.2) is 12.1 Å². The molecule has 0 spiro atoms. The molecule has 3 atom stereocenters. The molecule has 1 aliphatic carbocycles. The van der Waals surface area contributed by atoms with Crippen molar-refractivity contribution in [2.75, 3.05) is 6.61 Å². The quantitative estimate of drug-likeness (QED) is 0.754. The standard InChI is InChI=1S/C18H26O4S/c1-11(2)14-7-5-12(3)9-15(14)22-17(19)10-21-18(20)16-8-6-13(4)23-16/h6,8,11-12,14-15H,5,7,9-10H2,1-4H3/t12-,14-,15-/m0/s1. The topological polar surface area (TPSA) is 52.6 Å². The molecule has 0 amide bonds. The Morgan fingerprint density at radius 3 is 2.65 bits per heavy atom. The van der Waals surface area contributed by atoms with Gasteiger partial charge >= 0.3 is 11.9 Å². The summed E-state index contributed by atoms with van der Waals surface area (Å²) < 4.78 is 10.7. The third-order valence-corrected chi connectivity index (χ3v) is 5.49. The zero-order valence-corrected chi connectivity index (χ0v) is 15.2. The van der Waals surface area contributed by atoms with Crippen LogP contribution in [0.25, 0.3) is 0 Å². The summed E-state index contributed by atoms with van der Waals surface area (Å²) in [6.45, 7) is 8.13. The van der Waals surface area contributed by atoms with Gasteiger partial charge in [0.05, 0.1) is 0 Å². The average molecular weight is 338 g/mol. The van der Waals surface area contributed by atoms with E-state index in [2.05, 4.69) is 20.8 Å². The fourth-order valence-corrected chi connectivity index (χ4v) is 3.95. The Hall–Kier alpha value is -1.36. The summed E-state index contributed by atoms with van der Waals surface area (Å²) in [6, 6.07) is 3.57. The van der Waals surface area contributed by atoms with Crippen LogP contribution in [-0.2, 0) is 14.3 Å². The predicted molar refractivity (Wildman–Crippen MR) is 90.6 cm³/mol. The van der Waals surface area contributed by atoms with E-state index in [4.69, 9.17) is 9.47 Å². The molecular weight excluding hydrogens is 312 g/mol. The van der Waals surface area contributed by atoms with Crippen molar-refractivity contribution in [2.24, 2.45) is 17.8 Å². The molecule has 0 saturated heterocycles. The molecule has 128 valence electrons. The highest BCUT2D eigenvalue weighted by molar-refractivity contribution is 7.13. The number of rotatable bonds is 5. The molecule has 23 heavy (non-hydrogen) atoms. The number of thiophene rings is 1. The Morgan fingerprint density at radius 1 is 1.30 bits per heavy atom. The van der Waals surface area contributed by atoms with Crippen LogP contribution >= 0.6 is 11.3 Å². The van der Waals surface area contributed by atoms with E-state index in [0.717, 1.165) is 17.7 Å². The average Bonchev–Trinajstić information content (AvgIpc) is 2.91. The first-order chi connectivity index (χ1) is 10.9. The van der Waals surface area contributed by atoms with E-state index in [-0.39, 0.29) is 12.7 Å². The first kappa shape index (κ1) is 18.0. The normalized spacial score (nSPS) is 24.5. The van der Waals surface area contributed by atoms with E-state index in [1.165, 1.54) is 17.8 Å². The van der Waals surface area contributed by atoms with Gasteiger partial charge in [0.2, 0.25) is 0 Å². The molecule has 1 heterocycles. The van der Waals surface area contributed by atoms with Gasteiger partial charge in [0.1, 0.15) is 11.0 Å². The smallest absolute Gasteiger partial charge is 0.348 e. The molecule has 0 aliphatic heterocycles. The minimum absolute atomic E-state index is 0.0612. The van der Waals surface area contributed by atoms with Gasteiger partial charge in [-0.2, -0.15) is 0 Å². The summed E-state index contributed by atoms with van der Waals surface area (Å²) in [5.74, 6) is 0.538. The van der Waals surface area contributed by atoms with Crippen molar-refractivity contribution in [3.05, 3.63) is 21.9 Å². The minimum Gasteiger partial charge on any atom is -0.460 e. The van der Waals surface area contributed by atoms with Crippen LogP contribution in [0.2, 0.25) is 0 Å². The Bertz CT molecular complexity index is 549. The zero-order chi connectivity index (χ0) is 17.0. The van der Waals surface area contributed by atoms with Crippen molar-refractivity contribution in [3.8, 4) is 0 Å². The largest absolute Gasteiger partial charge is 0.460 e. The van der Waals surface area contributed by atoms with Gasteiger partial charge in [0, 0.05) is 4.88 Å². The van der Waals surface area contributed by atoms with Crippen molar-refractivity contribution in [1.29, 1.82) is 0 Å². The monoisotopic (exact) mass is 338 g/mol. The Labute approximate surface area is 142 Å². The molecule has 1 fully saturated rings. The molecule has 0 radical (unpaired) electrons. The van der Waals surface area contributed by atoms with Gasteiger partial charge < -0.3 is 9.47 Å². The van der Waals surface area contributed by atoms with E-state index < -0.39 is 11.9 Å². The molecule has 0 aromatic carbocycles. The minimum atomic E-state index is -0.461. The Morgan fingerprint density at radius 2 is 2.04 bits per heavy atom. The maximum absolute atomic E-state index is 12.0. The number of hydrogen-bond donors (Lipinski definition) is 0. The van der Waals surface area contributed by atoms with Crippen molar-refractivity contribution >= 4 is 23.3 Å². The lowest BCUT2D eigenvalue weighted by molar-refractivity contribution is -0.159. The molecule has 1 aromatic rings. The number of carbonyl (C=O) groups excluding carboxylic acids is 2. The van der Waals surface area contributed by atoms with Crippen LogP contribution in [0, 0.1) is 24.7 Å². The third kappa shape index (κ3) is 5.06. The van der Waals surface area contributed by atoms with E-state index in [9.17, 15) is 9.59 Å². The SMILES string of the molecule is Cc1ccc(C(=O)OCC(=O)O[C@H]2C[C@@H](C)CC[C@H]2C(C)C)s1.